The first kappa shape index (κ1) is 13.0. The van der Waals surface area contributed by atoms with Crippen LogP contribution < -0.4 is 15.2 Å². The Labute approximate surface area is 120 Å². The maximum Gasteiger partial charge on any atom is 0.122 e. The van der Waals surface area contributed by atoms with Crippen molar-refractivity contribution in [3.8, 4) is 11.5 Å². The molecular formula is C14H14INO2. The summed E-state index contributed by atoms with van der Waals surface area (Å²) in [7, 11) is 0. The lowest BCUT2D eigenvalue weighted by Gasteiger charge is -2.08. The van der Waals surface area contributed by atoms with Crippen molar-refractivity contribution < 1.29 is 9.47 Å². The molecule has 0 radical (unpaired) electrons. The van der Waals surface area contributed by atoms with Crippen molar-refractivity contribution in [1.82, 2.24) is 0 Å². The number of rotatable bonds is 5. The summed E-state index contributed by atoms with van der Waals surface area (Å²) in [5, 5.41) is 0. The molecule has 0 unspecified atom stereocenters. The molecule has 0 saturated heterocycles. The number of nitrogen functional groups attached to an aromatic ring is 1. The zero-order chi connectivity index (χ0) is 12.8. The number of ether oxygens (including phenoxy) is 2. The number of hydrogen-bond donors (Lipinski definition) is 1. The van der Waals surface area contributed by atoms with Crippen LogP contribution in [-0.4, -0.2) is 13.2 Å². The third-order valence-corrected chi connectivity index (χ3v) is 3.01. The molecule has 0 spiro atoms. The molecule has 0 aliphatic heterocycles. The summed E-state index contributed by atoms with van der Waals surface area (Å²) in [6.45, 7) is 1.00. The Morgan fingerprint density at radius 1 is 0.889 bits per heavy atom. The van der Waals surface area contributed by atoms with Gasteiger partial charge in [0.1, 0.15) is 24.7 Å². The molecule has 0 bridgehead atoms. The van der Waals surface area contributed by atoms with Crippen LogP contribution in [0.1, 0.15) is 0 Å². The van der Waals surface area contributed by atoms with E-state index in [0.29, 0.717) is 18.9 Å². The lowest BCUT2D eigenvalue weighted by Crippen LogP contribution is -2.09. The van der Waals surface area contributed by atoms with Gasteiger partial charge in [0.05, 0.1) is 0 Å². The molecule has 2 aromatic rings. The van der Waals surface area contributed by atoms with Crippen molar-refractivity contribution in [3.05, 3.63) is 52.1 Å². The van der Waals surface area contributed by atoms with Crippen LogP contribution in [0.15, 0.2) is 48.5 Å². The Kier molecular flexibility index (Phi) is 4.69. The third kappa shape index (κ3) is 4.10. The maximum atomic E-state index is 5.66. The van der Waals surface area contributed by atoms with Gasteiger partial charge < -0.3 is 15.2 Å². The van der Waals surface area contributed by atoms with E-state index < -0.39 is 0 Å². The molecule has 3 nitrogen and oxygen atoms in total. The Bertz CT molecular complexity index is 499. The highest BCUT2D eigenvalue weighted by Crippen LogP contribution is 2.15. The van der Waals surface area contributed by atoms with Crippen LogP contribution in [0.3, 0.4) is 0 Å². The number of halogens is 1. The van der Waals surface area contributed by atoms with Gasteiger partial charge in [-0.05, 0) is 59.0 Å². The molecular weight excluding hydrogens is 341 g/mol. The van der Waals surface area contributed by atoms with Crippen LogP contribution in [0.4, 0.5) is 5.69 Å². The van der Waals surface area contributed by atoms with Crippen molar-refractivity contribution in [2.24, 2.45) is 0 Å². The molecule has 2 rings (SSSR count). The lowest BCUT2D eigenvalue weighted by atomic mass is 10.3. The standard InChI is InChI=1S/C14H14INO2/c15-11-4-6-13(7-5-11)17-8-9-18-14-3-1-2-12(16)10-14/h1-7,10H,8-9,16H2. The first-order valence-corrected chi connectivity index (χ1v) is 6.68. The third-order valence-electron chi connectivity index (χ3n) is 2.29. The minimum Gasteiger partial charge on any atom is -0.490 e. The van der Waals surface area contributed by atoms with Crippen LogP contribution in [0, 0.1) is 3.57 Å². The molecule has 2 N–H and O–H groups in total. The van der Waals surface area contributed by atoms with Crippen LogP contribution >= 0.6 is 22.6 Å². The first-order chi connectivity index (χ1) is 8.74. The second kappa shape index (κ2) is 6.49. The minimum absolute atomic E-state index is 0.495. The summed E-state index contributed by atoms with van der Waals surface area (Å²) >= 11 is 2.26. The van der Waals surface area contributed by atoms with Crippen molar-refractivity contribution in [3.63, 3.8) is 0 Å². The molecule has 0 atom stereocenters. The van der Waals surface area contributed by atoms with Crippen molar-refractivity contribution in [2.45, 2.75) is 0 Å². The molecule has 2 aromatic carbocycles. The maximum absolute atomic E-state index is 5.66. The van der Waals surface area contributed by atoms with Crippen molar-refractivity contribution in [2.75, 3.05) is 18.9 Å². The van der Waals surface area contributed by atoms with Crippen molar-refractivity contribution in [1.29, 1.82) is 0 Å². The van der Waals surface area contributed by atoms with E-state index >= 15 is 0 Å². The smallest absolute Gasteiger partial charge is 0.122 e. The molecule has 18 heavy (non-hydrogen) atoms. The van der Waals surface area contributed by atoms with Crippen LogP contribution in [0.5, 0.6) is 11.5 Å². The average molecular weight is 355 g/mol. The van der Waals surface area contributed by atoms with Gasteiger partial charge in [0, 0.05) is 15.3 Å². The van der Waals surface area contributed by atoms with Gasteiger partial charge in [-0.15, -0.1) is 0 Å². The number of nitrogens with two attached hydrogens (primary N) is 1. The van der Waals surface area contributed by atoms with E-state index in [9.17, 15) is 0 Å². The SMILES string of the molecule is Nc1cccc(OCCOc2ccc(I)cc2)c1. The van der Waals surface area contributed by atoms with Crippen LogP contribution in [-0.2, 0) is 0 Å². The summed E-state index contributed by atoms with van der Waals surface area (Å²) in [5.41, 5.74) is 6.36. The Hall–Kier alpha value is -1.43. The second-order valence-corrected chi connectivity index (χ2v) is 4.97. The zero-order valence-corrected chi connectivity index (χ0v) is 12.0. The molecule has 0 aliphatic carbocycles. The summed E-state index contributed by atoms with van der Waals surface area (Å²) in [6, 6.07) is 15.3. The second-order valence-electron chi connectivity index (χ2n) is 3.72. The highest BCUT2D eigenvalue weighted by atomic mass is 127. The highest BCUT2D eigenvalue weighted by Gasteiger charge is 1.96. The summed E-state index contributed by atoms with van der Waals surface area (Å²) in [6.07, 6.45) is 0. The largest absolute Gasteiger partial charge is 0.490 e. The van der Waals surface area contributed by atoms with Gasteiger partial charge in [0.15, 0.2) is 0 Å². The van der Waals surface area contributed by atoms with E-state index in [0.717, 1.165) is 11.5 Å². The molecule has 0 aromatic heterocycles. The molecule has 0 aliphatic rings. The number of anilines is 1. The lowest BCUT2D eigenvalue weighted by molar-refractivity contribution is 0.217. The fourth-order valence-electron chi connectivity index (χ4n) is 1.45. The van der Waals surface area contributed by atoms with E-state index in [4.69, 9.17) is 15.2 Å². The number of benzene rings is 2. The Morgan fingerprint density at radius 3 is 2.22 bits per heavy atom. The Balaban J connectivity index is 1.74. The molecule has 4 heteroatoms. The first-order valence-electron chi connectivity index (χ1n) is 5.61. The van der Waals surface area contributed by atoms with Gasteiger partial charge in [0.2, 0.25) is 0 Å². The molecule has 0 heterocycles. The molecule has 0 fully saturated rings. The van der Waals surface area contributed by atoms with Gasteiger partial charge in [-0.1, -0.05) is 6.07 Å². The molecule has 0 saturated carbocycles. The van der Waals surface area contributed by atoms with Crippen LogP contribution in [0.25, 0.3) is 0 Å². The predicted octanol–water partition coefficient (Wildman–Crippen LogP) is 3.33. The summed E-state index contributed by atoms with van der Waals surface area (Å²) in [4.78, 5) is 0. The number of hydrogen-bond acceptors (Lipinski definition) is 3. The fraction of sp³-hybridized carbons (Fsp3) is 0.143. The fourth-order valence-corrected chi connectivity index (χ4v) is 1.81. The van der Waals surface area contributed by atoms with E-state index in [1.54, 1.807) is 6.07 Å². The highest BCUT2D eigenvalue weighted by molar-refractivity contribution is 14.1. The van der Waals surface area contributed by atoms with E-state index in [-0.39, 0.29) is 0 Å². The summed E-state index contributed by atoms with van der Waals surface area (Å²) in [5.74, 6) is 1.62. The van der Waals surface area contributed by atoms with E-state index in [1.165, 1.54) is 3.57 Å². The van der Waals surface area contributed by atoms with Crippen LogP contribution in [0.2, 0.25) is 0 Å². The van der Waals surface area contributed by atoms with Gasteiger partial charge >= 0.3 is 0 Å². The topological polar surface area (TPSA) is 44.5 Å². The average Bonchev–Trinajstić information content (AvgIpc) is 2.37. The van der Waals surface area contributed by atoms with E-state index in [2.05, 4.69) is 22.6 Å². The monoisotopic (exact) mass is 355 g/mol. The van der Waals surface area contributed by atoms with Gasteiger partial charge in [-0.2, -0.15) is 0 Å². The van der Waals surface area contributed by atoms with E-state index in [1.807, 2.05) is 42.5 Å². The van der Waals surface area contributed by atoms with Gasteiger partial charge in [-0.25, -0.2) is 0 Å². The Morgan fingerprint density at radius 2 is 1.56 bits per heavy atom. The van der Waals surface area contributed by atoms with Gasteiger partial charge in [0.25, 0.3) is 0 Å². The van der Waals surface area contributed by atoms with Crippen molar-refractivity contribution >= 4 is 28.3 Å². The normalized spacial score (nSPS) is 10.1. The predicted molar refractivity (Wildman–Crippen MR) is 81.0 cm³/mol. The zero-order valence-electron chi connectivity index (χ0n) is 9.80. The molecule has 0 amide bonds. The van der Waals surface area contributed by atoms with Gasteiger partial charge in [-0.3, -0.25) is 0 Å². The minimum atomic E-state index is 0.495. The molecule has 94 valence electrons. The summed E-state index contributed by atoms with van der Waals surface area (Å²) < 4.78 is 12.3. The quantitative estimate of drug-likeness (QED) is 0.508.